The molecule has 5 N–H and O–H groups in total. The van der Waals surface area contributed by atoms with Gasteiger partial charge < -0.3 is 21.7 Å². The second-order valence-electron chi connectivity index (χ2n) is 8.99. The largest absolute Gasteiger partial charge is 0.382 e. The molecule has 3 aromatic carbocycles. The van der Waals surface area contributed by atoms with Crippen molar-refractivity contribution in [1.82, 2.24) is 35.9 Å². The number of nitrogens with zero attached hydrogens (tertiary/aromatic N) is 4. The van der Waals surface area contributed by atoms with Crippen LogP contribution >= 0.6 is 0 Å². The average Bonchev–Trinajstić information content (AvgIpc) is 3.02. The molecule has 11 heteroatoms. The monoisotopic (exact) mass is 546 g/mol. The van der Waals surface area contributed by atoms with E-state index in [1.807, 2.05) is 48.5 Å². The molecule has 0 saturated carbocycles. The molecule has 0 unspecified atom stereocenters. The summed E-state index contributed by atoms with van der Waals surface area (Å²) in [5, 5.41) is 8.27. The lowest BCUT2D eigenvalue weighted by Crippen LogP contribution is -2.35. The van der Waals surface area contributed by atoms with Crippen LogP contribution in [0.1, 0.15) is 36.9 Å². The lowest BCUT2D eigenvalue weighted by molar-refractivity contribution is 0.0923. The van der Waals surface area contributed by atoms with E-state index in [4.69, 9.17) is 5.73 Å². The van der Waals surface area contributed by atoms with E-state index in [0.29, 0.717) is 34.4 Å². The molecule has 0 aliphatic heterocycles. The van der Waals surface area contributed by atoms with Gasteiger partial charge in [-0.1, -0.05) is 54.6 Å². The second-order valence-corrected chi connectivity index (χ2v) is 8.99. The first kappa shape index (κ1) is 26.9. The molecule has 2 aromatic heterocycles. The van der Waals surface area contributed by atoms with E-state index in [2.05, 4.69) is 35.9 Å². The zero-order valence-corrected chi connectivity index (χ0v) is 21.9. The van der Waals surface area contributed by atoms with Crippen LogP contribution in [0.5, 0.6) is 0 Å². The van der Waals surface area contributed by atoms with Crippen LogP contribution in [0, 0.1) is 0 Å². The lowest BCUT2D eigenvalue weighted by atomic mass is 10.1. The van der Waals surface area contributed by atoms with Gasteiger partial charge in [0.2, 0.25) is 0 Å². The molecule has 5 rings (SSSR count). The average molecular weight is 547 g/mol. The van der Waals surface area contributed by atoms with E-state index in [-0.39, 0.29) is 36.2 Å². The number of rotatable bonds is 9. The molecule has 0 aliphatic rings. The Bertz CT molecular complexity index is 1730. The van der Waals surface area contributed by atoms with Gasteiger partial charge in [-0.3, -0.25) is 19.4 Å². The fraction of sp³-hybridized carbons (Fsp3) is 0.100. The summed E-state index contributed by atoms with van der Waals surface area (Å²) in [4.78, 5) is 55.0. The maximum atomic E-state index is 12.8. The predicted octanol–water partition coefficient (Wildman–Crippen LogP) is 2.76. The Hall–Kier alpha value is -5.71. The summed E-state index contributed by atoms with van der Waals surface area (Å²) < 4.78 is 0. The van der Waals surface area contributed by atoms with Gasteiger partial charge in [0, 0.05) is 30.8 Å². The Morgan fingerprint density at radius 2 is 1.41 bits per heavy atom. The highest BCUT2D eigenvalue weighted by Crippen LogP contribution is 2.20. The number of nitrogen functional groups attached to an aromatic ring is 1. The quantitative estimate of drug-likeness (QED) is 0.205. The Labute approximate surface area is 235 Å². The minimum absolute atomic E-state index is 0.0431. The van der Waals surface area contributed by atoms with Gasteiger partial charge in [-0.2, -0.15) is 0 Å². The number of amides is 3. The third-order valence-electron chi connectivity index (χ3n) is 6.11. The number of fused-ring (bicyclic) bond motifs is 1. The predicted molar refractivity (Wildman–Crippen MR) is 154 cm³/mol. The van der Waals surface area contributed by atoms with E-state index in [0.717, 1.165) is 5.56 Å². The fourth-order valence-corrected chi connectivity index (χ4v) is 4.00. The number of benzene rings is 3. The summed E-state index contributed by atoms with van der Waals surface area (Å²) in [7, 11) is 0. The van der Waals surface area contributed by atoms with E-state index >= 15 is 0 Å². The summed E-state index contributed by atoms with van der Waals surface area (Å²) in [5.74, 6) is -1.24. The standard InChI is InChI=1S/C30H26N8O3/c31-27-26(30(41)33-14-13-32-29(40)25-18-34-22-11-4-5-12-23(22)37-25)38-24(17-35-27)20-9-6-10-21(15-20)28(39)36-16-19-7-2-1-3-8-19/h1-12,15,17-18H,13-14,16H2,(H2,31,35)(H,32,40)(H,33,41)(H,36,39). The number of aromatic nitrogens is 4. The molecule has 5 aromatic rings. The molecule has 0 fully saturated rings. The number of carbonyl (C=O) groups excluding carboxylic acids is 3. The first-order chi connectivity index (χ1) is 20.0. The summed E-state index contributed by atoms with van der Waals surface area (Å²) in [6.07, 6.45) is 2.85. The topological polar surface area (TPSA) is 165 Å². The summed E-state index contributed by atoms with van der Waals surface area (Å²) in [6, 6.07) is 23.7. The minimum atomic E-state index is -0.548. The normalized spacial score (nSPS) is 10.6. The van der Waals surface area contributed by atoms with Crippen LogP contribution in [0.3, 0.4) is 0 Å². The Morgan fingerprint density at radius 1 is 0.683 bits per heavy atom. The second kappa shape index (κ2) is 12.4. The van der Waals surface area contributed by atoms with Gasteiger partial charge in [-0.25, -0.2) is 15.0 Å². The van der Waals surface area contributed by atoms with Gasteiger partial charge in [-0.05, 0) is 29.8 Å². The molecule has 0 aliphatic carbocycles. The van der Waals surface area contributed by atoms with Crippen molar-refractivity contribution in [2.24, 2.45) is 0 Å². The zero-order chi connectivity index (χ0) is 28.6. The third-order valence-corrected chi connectivity index (χ3v) is 6.11. The smallest absolute Gasteiger partial charge is 0.273 e. The zero-order valence-electron chi connectivity index (χ0n) is 21.9. The van der Waals surface area contributed by atoms with Crippen LogP contribution < -0.4 is 21.7 Å². The third kappa shape index (κ3) is 6.66. The first-order valence-corrected chi connectivity index (χ1v) is 12.8. The number of para-hydroxylation sites is 2. The van der Waals surface area contributed by atoms with Crippen molar-refractivity contribution in [3.63, 3.8) is 0 Å². The molecular weight excluding hydrogens is 520 g/mol. The number of nitrogens with one attached hydrogen (secondary N) is 3. The molecule has 2 heterocycles. The van der Waals surface area contributed by atoms with Gasteiger partial charge >= 0.3 is 0 Å². The molecule has 0 atom stereocenters. The molecule has 0 saturated heterocycles. The fourth-order valence-electron chi connectivity index (χ4n) is 4.00. The first-order valence-electron chi connectivity index (χ1n) is 12.8. The molecule has 0 bridgehead atoms. The minimum Gasteiger partial charge on any atom is -0.382 e. The van der Waals surface area contributed by atoms with Crippen molar-refractivity contribution in [2.45, 2.75) is 6.54 Å². The van der Waals surface area contributed by atoms with Crippen LogP contribution in [-0.2, 0) is 6.54 Å². The number of hydrogen-bond donors (Lipinski definition) is 4. The van der Waals surface area contributed by atoms with Crippen LogP contribution in [0.25, 0.3) is 22.3 Å². The molecular formula is C30H26N8O3. The van der Waals surface area contributed by atoms with Gasteiger partial charge in [-0.15, -0.1) is 0 Å². The van der Waals surface area contributed by atoms with E-state index < -0.39 is 11.8 Å². The highest BCUT2D eigenvalue weighted by atomic mass is 16.2. The van der Waals surface area contributed by atoms with E-state index in [9.17, 15) is 14.4 Å². The Morgan fingerprint density at radius 3 is 2.22 bits per heavy atom. The molecule has 41 heavy (non-hydrogen) atoms. The van der Waals surface area contributed by atoms with Crippen LogP contribution in [0.2, 0.25) is 0 Å². The highest BCUT2D eigenvalue weighted by molar-refractivity contribution is 5.98. The van der Waals surface area contributed by atoms with E-state index in [1.165, 1.54) is 12.4 Å². The molecule has 204 valence electrons. The SMILES string of the molecule is Nc1ncc(-c2cccc(C(=O)NCc3ccccc3)c2)nc1C(=O)NCCNC(=O)c1cnc2ccccc2n1. The molecule has 0 spiro atoms. The van der Waals surface area contributed by atoms with Crippen LogP contribution in [0.4, 0.5) is 5.82 Å². The number of nitrogens with two attached hydrogens (primary N) is 1. The van der Waals surface area contributed by atoms with Crippen molar-refractivity contribution in [2.75, 3.05) is 18.8 Å². The lowest BCUT2D eigenvalue weighted by Gasteiger charge is -2.10. The van der Waals surface area contributed by atoms with Gasteiger partial charge in [0.25, 0.3) is 17.7 Å². The van der Waals surface area contributed by atoms with Crippen molar-refractivity contribution in [3.8, 4) is 11.3 Å². The number of anilines is 1. The van der Waals surface area contributed by atoms with Crippen molar-refractivity contribution in [1.29, 1.82) is 0 Å². The van der Waals surface area contributed by atoms with Crippen LogP contribution in [-0.4, -0.2) is 50.7 Å². The number of carbonyl (C=O) groups is 3. The Balaban J connectivity index is 1.18. The van der Waals surface area contributed by atoms with Crippen molar-refractivity contribution >= 4 is 34.6 Å². The van der Waals surface area contributed by atoms with E-state index in [1.54, 1.807) is 30.3 Å². The van der Waals surface area contributed by atoms with Crippen molar-refractivity contribution < 1.29 is 14.4 Å². The van der Waals surface area contributed by atoms with Gasteiger partial charge in [0.15, 0.2) is 11.5 Å². The maximum Gasteiger partial charge on any atom is 0.273 e. The van der Waals surface area contributed by atoms with Gasteiger partial charge in [0.05, 0.1) is 29.1 Å². The Kier molecular flexibility index (Phi) is 8.15. The highest BCUT2D eigenvalue weighted by Gasteiger charge is 2.16. The molecule has 3 amide bonds. The maximum absolute atomic E-state index is 12.8. The van der Waals surface area contributed by atoms with Crippen LogP contribution in [0.15, 0.2) is 91.3 Å². The molecule has 0 radical (unpaired) electrons. The summed E-state index contributed by atoms with van der Waals surface area (Å²) in [6.45, 7) is 0.659. The van der Waals surface area contributed by atoms with Gasteiger partial charge in [0.1, 0.15) is 5.69 Å². The molecule has 11 nitrogen and oxygen atoms in total. The summed E-state index contributed by atoms with van der Waals surface area (Å²) in [5.41, 5.74) is 9.75. The summed E-state index contributed by atoms with van der Waals surface area (Å²) >= 11 is 0. The number of hydrogen-bond acceptors (Lipinski definition) is 8. The van der Waals surface area contributed by atoms with Crippen molar-refractivity contribution in [3.05, 3.63) is 114 Å².